The molecular formula is C17H20ClN5O2S. The van der Waals surface area contributed by atoms with Gasteiger partial charge < -0.3 is 9.64 Å². The molecule has 0 aliphatic carbocycles. The molecule has 0 aliphatic rings. The molecule has 0 bridgehead atoms. The lowest BCUT2D eigenvalue weighted by molar-refractivity contribution is 0.0982. The number of carbonyl (C=O) groups is 1. The second-order valence-electron chi connectivity index (χ2n) is 6.09. The van der Waals surface area contributed by atoms with E-state index in [2.05, 4.69) is 10.1 Å². The fraction of sp³-hybridized carbons (Fsp3) is 0.353. The fourth-order valence-electron chi connectivity index (χ4n) is 2.50. The first-order chi connectivity index (χ1) is 12.4. The van der Waals surface area contributed by atoms with E-state index in [1.165, 1.54) is 18.4 Å². The van der Waals surface area contributed by atoms with Gasteiger partial charge in [-0.25, -0.2) is 4.98 Å². The van der Waals surface area contributed by atoms with Crippen molar-refractivity contribution in [2.24, 2.45) is 7.05 Å². The van der Waals surface area contributed by atoms with Crippen LogP contribution >= 0.6 is 22.9 Å². The summed E-state index contributed by atoms with van der Waals surface area (Å²) >= 11 is 7.51. The standard InChI is InChI=1S/C17H20ClN5O2S/c1-21(2)7-8-23(16(24)12-10-22(3)20-15(12)25-4)17-19-13-6-5-11(18)9-14(13)26-17/h5-6,9-10H,7-8H2,1-4H3. The first-order valence-electron chi connectivity index (χ1n) is 7.99. The van der Waals surface area contributed by atoms with Crippen molar-refractivity contribution in [3.8, 4) is 5.88 Å². The molecule has 0 fully saturated rings. The van der Waals surface area contributed by atoms with Gasteiger partial charge in [0.25, 0.3) is 5.91 Å². The summed E-state index contributed by atoms with van der Waals surface area (Å²) in [5.74, 6) is 0.110. The predicted octanol–water partition coefficient (Wildman–Crippen LogP) is 2.90. The van der Waals surface area contributed by atoms with Crippen LogP contribution < -0.4 is 9.64 Å². The van der Waals surface area contributed by atoms with Gasteiger partial charge in [0.1, 0.15) is 5.56 Å². The molecule has 0 radical (unpaired) electrons. The first kappa shape index (κ1) is 18.6. The summed E-state index contributed by atoms with van der Waals surface area (Å²) < 4.78 is 7.75. The average molecular weight is 394 g/mol. The molecule has 0 atom stereocenters. The molecule has 3 rings (SSSR count). The number of carbonyl (C=O) groups excluding carboxylic acids is 1. The quantitative estimate of drug-likeness (QED) is 0.644. The topological polar surface area (TPSA) is 63.5 Å². The van der Waals surface area contributed by atoms with Crippen molar-refractivity contribution in [2.75, 3.05) is 39.2 Å². The van der Waals surface area contributed by atoms with Gasteiger partial charge in [0, 0.05) is 31.4 Å². The van der Waals surface area contributed by atoms with Crippen LogP contribution in [0, 0.1) is 0 Å². The average Bonchev–Trinajstić information content (AvgIpc) is 3.17. The number of likely N-dealkylation sites (N-methyl/N-ethyl adjacent to an activating group) is 1. The Morgan fingerprint density at radius 2 is 2.12 bits per heavy atom. The highest BCUT2D eigenvalue weighted by molar-refractivity contribution is 7.22. The number of halogens is 1. The maximum Gasteiger partial charge on any atom is 0.267 e. The number of fused-ring (bicyclic) bond motifs is 1. The SMILES string of the molecule is COc1nn(C)cc1C(=O)N(CCN(C)C)c1nc2ccc(Cl)cc2s1. The van der Waals surface area contributed by atoms with Gasteiger partial charge in [0.15, 0.2) is 5.13 Å². The van der Waals surface area contributed by atoms with Gasteiger partial charge in [-0.15, -0.1) is 5.10 Å². The van der Waals surface area contributed by atoms with Crippen LogP contribution in [0.2, 0.25) is 5.02 Å². The van der Waals surface area contributed by atoms with Crippen LogP contribution in [0.25, 0.3) is 10.2 Å². The molecule has 0 saturated carbocycles. The van der Waals surface area contributed by atoms with E-state index in [1.54, 1.807) is 28.9 Å². The first-order valence-corrected chi connectivity index (χ1v) is 9.19. The van der Waals surface area contributed by atoms with Gasteiger partial charge in [-0.1, -0.05) is 22.9 Å². The minimum atomic E-state index is -0.193. The Hall–Kier alpha value is -2.16. The van der Waals surface area contributed by atoms with Gasteiger partial charge in [0.05, 0.1) is 17.3 Å². The van der Waals surface area contributed by atoms with E-state index in [0.717, 1.165) is 10.2 Å². The highest BCUT2D eigenvalue weighted by atomic mass is 35.5. The van der Waals surface area contributed by atoms with Crippen LogP contribution in [0.15, 0.2) is 24.4 Å². The Bertz CT molecular complexity index is 937. The van der Waals surface area contributed by atoms with Crippen LogP contribution in [-0.2, 0) is 7.05 Å². The molecule has 2 aromatic heterocycles. The lowest BCUT2D eigenvalue weighted by atomic mass is 10.3. The summed E-state index contributed by atoms with van der Waals surface area (Å²) in [6.07, 6.45) is 1.66. The molecule has 3 aromatic rings. The molecule has 0 unspecified atom stereocenters. The zero-order valence-electron chi connectivity index (χ0n) is 15.1. The number of hydrogen-bond donors (Lipinski definition) is 0. The highest BCUT2D eigenvalue weighted by Crippen LogP contribution is 2.32. The third kappa shape index (κ3) is 3.82. The smallest absolute Gasteiger partial charge is 0.267 e. The number of nitrogens with zero attached hydrogens (tertiary/aromatic N) is 5. The lowest BCUT2D eigenvalue weighted by Crippen LogP contribution is -2.36. The van der Waals surface area contributed by atoms with Gasteiger partial charge in [-0.05, 0) is 32.3 Å². The van der Waals surface area contributed by atoms with Gasteiger partial charge in [-0.3, -0.25) is 14.4 Å². The van der Waals surface area contributed by atoms with Crippen LogP contribution in [0.4, 0.5) is 5.13 Å². The monoisotopic (exact) mass is 393 g/mol. The number of hydrogen-bond acceptors (Lipinski definition) is 6. The molecule has 2 heterocycles. The number of amides is 1. The Balaban J connectivity index is 2.01. The molecular weight excluding hydrogens is 374 g/mol. The van der Waals surface area contributed by atoms with Crippen molar-refractivity contribution in [3.05, 3.63) is 35.0 Å². The van der Waals surface area contributed by atoms with Gasteiger partial charge in [-0.2, -0.15) is 0 Å². The van der Waals surface area contributed by atoms with Crippen molar-refractivity contribution in [1.82, 2.24) is 19.7 Å². The summed E-state index contributed by atoms with van der Waals surface area (Å²) in [5.41, 5.74) is 1.22. The van der Waals surface area contributed by atoms with Crippen LogP contribution in [0.3, 0.4) is 0 Å². The number of aryl methyl sites for hydroxylation is 1. The minimum absolute atomic E-state index is 0.193. The largest absolute Gasteiger partial charge is 0.479 e. The maximum absolute atomic E-state index is 13.2. The molecule has 0 saturated heterocycles. The number of thiazole rings is 1. The number of anilines is 1. The number of benzene rings is 1. The molecule has 7 nitrogen and oxygen atoms in total. The second kappa shape index (κ2) is 7.61. The molecule has 0 spiro atoms. The third-order valence-corrected chi connectivity index (χ3v) is 5.08. The summed E-state index contributed by atoms with van der Waals surface area (Å²) in [6.45, 7) is 1.20. The normalized spacial score (nSPS) is 11.3. The Kier molecular flexibility index (Phi) is 5.45. The number of rotatable bonds is 6. The molecule has 138 valence electrons. The van der Waals surface area contributed by atoms with Crippen molar-refractivity contribution in [1.29, 1.82) is 0 Å². The van der Waals surface area contributed by atoms with E-state index in [-0.39, 0.29) is 5.91 Å². The van der Waals surface area contributed by atoms with Gasteiger partial charge >= 0.3 is 0 Å². The zero-order valence-corrected chi connectivity index (χ0v) is 16.6. The Morgan fingerprint density at radius 3 is 2.81 bits per heavy atom. The van der Waals surface area contributed by atoms with E-state index in [4.69, 9.17) is 16.3 Å². The zero-order chi connectivity index (χ0) is 18.8. The van der Waals surface area contributed by atoms with Crippen molar-refractivity contribution >= 4 is 44.2 Å². The summed E-state index contributed by atoms with van der Waals surface area (Å²) in [4.78, 5) is 21.5. The van der Waals surface area contributed by atoms with E-state index in [9.17, 15) is 4.79 Å². The third-order valence-electron chi connectivity index (χ3n) is 3.80. The predicted molar refractivity (Wildman–Crippen MR) is 105 cm³/mol. The summed E-state index contributed by atoms with van der Waals surface area (Å²) in [7, 11) is 7.18. The molecule has 0 aliphatic heterocycles. The van der Waals surface area contributed by atoms with E-state index < -0.39 is 0 Å². The minimum Gasteiger partial charge on any atom is -0.479 e. The van der Waals surface area contributed by atoms with Crippen LogP contribution in [0.1, 0.15) is 10.4 Å². The van der Waals surface area contributed by atoms with E-state index in [0.29, 0.717) is 34.7 Å². The van der Waals surface area contributed by atoms with Crippen molar-refractivity contribution < 1.29 is 9.53 Å². The van der Waals surface area contributed by atoms with Crippen molar-refractivity contribution in [2.45, 2.75) is 0 Å². The van der Waals surface area contributed by atoms with Gasteiger partial charge in [0.2, 0.25) is 5.88 Å². The summed E-state index contributed by atoms with van der Waals surface area (Å²) in [5, 5.41) is 5.45. The second-order valence-corrected chi connectivity index (χ2v) is 7.54. The molecule has 1 amide bonds. The van der Waals surface area contributed by atoms with Crippen LogP contribution in [-0.4, -0.2) is 59.9 Å². The van der Waals surface area contributed by atoms with E-state index in [1.807, 2.05) is 31.1 Å². The molecule has 0 N–H and O–H groups in total. The Labute approximate surface area is 160 Å². The number of aromatic nitrogens is 3. The fourth-order valence-corrected chi connectivity index (χ4v) is 3.76. The summed E-state index contributed by atoms with van der Waals surface area (Å²) in [6, 6.07) is 5.51. The van der Waals surface area contributed by atoms with E-state index >= 15 is 0 Å². The number of ether oxygens (including phenoxy) is 1. The number of methoxy groups -OCH3 is 1. The Morgan fingerprint density at radius 1 is 1.35 bits per heavy atom. The lowest BCUT2D eigenvalue weighted by Gasteiger charge is -2.21. The molecule has 1 aromatic carbocycles. The van der Waals surface area contributed by atoms with Crippen molar-refractivity contribution in [3.63, 3.8) is 0 Å². The van der Waals surface area contributed by atoms with Crippen LogP contribution in [0.5, 0.6) is 5.88 Å². The molecule has 26 heavy (non-hydrogen) atoms. The highest BCUT2D eigenvalue weighted by Gasteiger charge is 2.26. The molecule has 9 heteroatoms. The maximum atomic E-state index is 13.2.